The first kappa shape index (κ1) is 14.0. The first-order valence-electron chi connectivity index (χ1n) is 6.19. The van der Waals surface area contributed by atoms with Crippen molar-refractivity contribution in [2.75, 3.05) is 12.5 Å². The van der Waals surface area contributed by atoms with Crippen molar-refractivity contribution < 1.29 is 16.8 Å². The van der Waals surface area contributed by atoms with Crippen LogP contribution in [0.25, 0.3) is 0 Å². The lowest BCUT2D eigenvalue weighted by Crippen LogP contribution is -2.24. The molecular weight excluding hydrogens is 300 g/mol. The molecule has 2 heterocycles. The van der Waals surface area contributed by atoms with E-state index in [0.717, 1.165) is 22.3 Å². The van der Waals surface area contributed by atoms with Gasteiger partial charge in [0, 0.05) is 26.2 Å². The molecule has 20 heavy (non-hydrogen) atoms. The third-order valence-electron chi connectivity index (χ3n) is 3.93. The molecule has 0 saturated carbocycles. The molecular formula is C12H16N2O4S2. The number of hydrogen-bond donors (Lipinski definition) is 0. The van der Waals surface area contributed by atoms with Crippen LogP contribution >= 0.6 is 0 Å². The van der Waals surface area contributed by atoms with E-state index < -0.39 is 20.0 Å². The lowest BCUT2D eigenvalue weighted by molar-refractivity contribution is 0.427. The summed E-state index contributed by atoms with van der Waals surface area (Å²) in [5.74, 6) is 0. The number of hydrogen-bond acceptors (Lipinski definition) is 4. The third-order valence-corrected chi connectivity index (χ3v) is 6.32. The van der Waals surface area contributed by atoms with Gasteiger partial charge in [-0.15, -0.1) is 0 Å². The van der Waals surface area contributed by atoms with Gasteiger partial charge in [0.15, 0.2) is 0 Å². The quantitative estimate of drug-likeness (QED) is 0.783. The molecule has 6 nitrogen and oxygen atoms in total. The van der Waals surface area contributed by atoms with Crippen LogP contribution in [-0.2, 0) is 46.2 Å². The van der Waals surface area contributed by atoms with Crippen molar-refractivity contribution in [1.82, 2.24) is 8.61 Å². The maximum Gasteiger partial charge on any atom is 0.211 e. The third kappa shape index (κ3) is 2.26. The normalized spacial score (nSPS) is 20.1. The van der Waals surface area contributed by atoms with Gasteiger partial charge in [-0.3, -0.25) is 0 Å². The summed E-state index contributed by atoms with van der Waals surface area (Å²) in [5.41, 5.74) is 3.90. The van der Waals surface area contributed by atoms with E-state index in [2.05, 4.69) is 0 Å². The number of benzene rings is 1. The Hall–Kier alpha value is -0.960. The second kappa shape index (κ2) is 4.27. The maximum atomic E-state index is 11.6. The van der Waals surface area contributed by atoms with Crippen LogP contribution < -0.4 is 0 Å². The van der Waals surface area contributed by atoms with E-state index in [-0.39, 0.29) is 0 Å². The lowest BCUT2D eigenvalue weighted by Gasteiger charge is -2.12. The fourth-order valence-corrected chi connectivity index (χ4v) is 4.27. The molecule has 0 fully saturated rings. The second-order valence-corrected chi connectivity index (χ2v) is 9.37. The molecule has 0 bridgehead atoms. The first-order valence-corrected chi connectivity index (χ1v) is 9.88. The summed E-state index contributed by atoms with van der Waals surface area (Å²) in [6.07, 6.45) is 2.39. The van der Waals surface area contributed by atoms with E-state index in [4.69, 9.17) is 0 Å². The SMILES string of the molecule is CS(=O)(=O)N1Cc2ccc3c(c2C1)CN(S(C)(=O)=O)C3. The van der Waals surface area contributed by atoms with Gasteiger partial charge in [-0.1, -0.05) is 12.1 Å². The van der Waals surface area contributed by atoms with E-state index in [0.29, 0.717) is 26.2 Å². The smallest absolute Gasteiger partial charge is 0.211 e. The second-order valence-electron chi connectivity index (χ2n) is 5.40. The molecule has 0 aromatic heterocycles. The van der Waals surface area contributed by atoms with E-state index in [1.54, 1.807) is 0 Å². The van der Waals surface area contributed by atoms with Gasteiger partial charge in [-0.2, -0.15) is 8.61 Å². The standard InChI is InChI=1S/C12H16N2O4S2/c1-19(15,16)13-5-9-3-4-10-6-14(20(2,17)18)8-12(10)11(9)7-13/h3-4H,5-8H2,1-2H3. The van der Waals surface area contributed by atoms with Crippen LogP contribution in [0.5, 0.6) is 0 Å². The van der Waals surface area contributed by atoms with Crippen molar-refractivity contribution in [3.63, 3.8) is 0 Å². The largest absolute Gasteiger partial charge is 0.212 e. The molecule has 8 heteroatoms. The predicted molar refractivity (Wildman–Crippen MR) is 74.6 cm³/mol. The number of rotatable bonds is 2. The Kier molecular flexibility index (Phi) is 2.99. The van der Waals surface area contributed by atoms with Gasteiger partial charge in [-0.25, -0.2) is 16.8 Å². The Morgan fingerprint density at radius 1 is 0.750 bits per heavy atom. The highest BCUT2D eigenvalue weighted by molar-refractivity contribution is 7.88. The monoisotopic (exact) mass is 316 g/mol. The van der Waals surface area contributed by atoms with Crippen LogP contribution in [0.15, 0.2) is 12.1 Å². The zero-order chi connectivity index (χ0) is 14.7. The number of sulfonamides is 2. The Morgan fingerprint density at radius 3 is 1.40 bits per heavy atom. The van der Waals surface area contributed by atoms with Crippen LogP contribution in [0.4, 0.5) is 0 Å². The molecule has 0 N–H and O–H groups in total. The lowest BCUT2D eigenvalue weighted by atomic mass is 10.0. The first-order chi connectivity index (χ1) is 9.16. The Labute approximate surface area is 119 Å². The van der Waals surface area contributed by atoms with Gasteiger partial charge in [0.1, 0.15) is 0 Å². The van der Waals surface area contributed by atoms with Gasteiger partial charge >= 0.3 is 0 Å². The van der Waals surface area contributed by atoms with Crippen LogP contribution in [0.1, 0.15) is 22.3 Å². The Bertz CT molecular complexity index is 717. The molecule has 2 aliphatic rings. The van der Waals surface area contributed by atoms with Crippen molar-refractivity contribution in [3.05, 3.63) is 34.4 Å². The molecule has 0 spiro atoms. The van der Waals surface area contributed by atoms with Gasteiger partial charge < -0.3 is 0 Å². The Morgan fingerprint density at radius 2 is 1.10 bits per heavy atom. The van der Waals surface area contributed by atoms with E-state index >= 15 is 0 Å². The van der Waals surface area contributed by atoms with Crippen molar-refractivity contribution in [3.8, 4) is 0 Å². The minimum Gasteiger partial charge on any atom is -0.212 e. The minimum atomic E-state index is -3.23. The van der Waals surface area contributed by atoms with Crippen molar-refractivity contribution in [2.45, 2.75) is 26.2 Å². The highest BCUT2D eigenvalue weighted by Gasteiger charge is 2.33. The van der Waals surface area contributed by atoms with Crippen molar-refractivity contribution >= 4 is 20.0 Å². The topological polar surface area (TPSA) is 74.8 Å². The maximum absolute atomic E-state index is 11.6. The average molecular weight is 316 g/mol. The van der Waals surface area contributed by atoms with E-state index in [1.165, 1.54) is 21.1 Å². The molecule has 0 unspecified atom stereocenters. The van der Waals surface area contributed by atoms with Gasteiger partial charge in [0.25, 0.3) is 0 Å². The van der Waals surface area contributed by atoms with Gasteiger partial charge in [0.05, 0.1) is 12.5 Å². The average Bonchev–Trinajstić information content (AvgIpc) is 2.90. The highest BCUT2D eigenvalue weighted by atomic mass is 32.2. The Balaban J connectivity index is 1.99. The zero-order valence-electron chi connectivity index (χ0n) is 11.3. The minimum absolute atomic E-state index is 0.342. The molecule has 1 aromatic rings. The molecule has 0 amide bonds. The summed E-state index contributed by atoms with van der Waals surface area (Å²) in [6.45, 7) is 1.44. The van der Waals surface area contributed by atoms with Gasteiger partial charge in [0.2, 0.25) is 20.0 Å². The fourth-order valence-electron chi connectivity index (χ4n) is 2.79. The van der Waals surface area contributed by atoms with E-state index in [9.17, 15) is 16.8 Å². The summed E-state index contributed by atoms with van der Waals surface area (Å²) >= 11 is 0. The number of fused-ring (bicyclic) bond motifs is 3. The van der Waals surface area contributed by atoms with Gasteiger partial charge in [-0.05, 0) is 22.3 Å². The van der Waals surface area contributed by atoms with Crippen LogP contribution in [-0.4, -0.2) is 38.0 Å². The molecule has 0 radical (unpaired) electrons. The summed E-state index contributed by atoms with van der Waals surface area (Å²) in [6, 6.07) is 3.82. The summed E-state index contributed by atoms with van der Waals surface area (Å²) < 4.78 is 49.4. The summed E-state index contributed by atoms with van der Waals surface area (Å²) in [4.78, 5) is 0. The summed E-state index contributed by atoms with van der Waals surface area (Å²) in [5, 5.41) is 0. The molecule has 0 atom stereocenters. The molecule has 1 aromatic carbocycles. The van der Waals surface area contributed by atoms with Crippen molar-refractivity contribution in [1.29, 1.82) is 0 Å². The van der Waals surface area contributed by atoms with Crippen LogP contribution in [0.2, 0.25) is 0 Å². The number of nitrogens with zero attached hydrogens (tertiary/aromatic N) is 2. The zero-order valence-corrected chi connectivity index (χ0v) is 13.0. The predicted octanol–water partition coefficient (Wildman–Crippen LogP) is 0.237. The van der Waals surface area contributed by atoms with Crippen molar-refractivity contribution in [2.24, 2.45) is 0 Å². The van der Waals surface area contributed by atoms with Crippen LogP contribution in [0.3, 0.4) is 0 Å². The van der Waals surface area contributed by atoms with Crippen LogP contribution in [0, 0.1) is 0 Å². The fraction of sp³-hybridized carbons (Fsp3) is 0.500. The molecule has 3 rings (SSSR count). The molecule has 2 aliphatic heterocycles. The molecule has 0 saturated heterocycles. The highest BCUT2D eigenvalue weighted by Crippen LogP contribution is 2.35. The molecule has 0 aliphatic carbocycles. The molecule has 110 valence electrons. The summed E-state index contributed by atoms with van der Waals surface area (Å²) in [7, 11) is -6.46. The van der Waals surface area contributed by atoms with E-state index in [1.807, 2.05) is 12.1 Å².